The van der Waals surface area contributed by atoms with Gasteiger partial charge in [-0.15, -0.1) is 0 Å². The van der Waals surface area contributed by atoms with E-state index < -0.39 is 0 Å². The highest BCUT2D eigenvalue weighted by molar-refractivity contribution is 9.10. The van der Waals surface area contributed by atoms with Gasteiger partial charge in [-0.05, 0) is 48.5 Å². The van der Waals surface area contributed by atoms with E-state index in [1.807, 2.05) is 48.7 Å². The summed E-state index contributed by atoms with van der Waals surface area (Å²) in [7, 11) is 0. The Labute approximate surface area is 134 Å². The summed E-state index contributed by atoms with van der Waals surface area (Å²) < 4.78 is 6.54. The van der Waals surface area contributed by atoms with Crippen LogP contribution >= 0.6 is 15.9 Å². The van der Waals surface area contributed by atoms with Crippen molar-refractivity contribution in [3.05, 3.63) is 65.0 Å². The van der Waals surface area contributed by atoms with Crippen molar-refractivity contribution < 1.29 is 9.21 Å². The van der Waals surface area contributed by atoms with Crippen LogP contribution < -0.4 is 5.32 Å². The minimum atomic E-state index is -0.262. The Bertz CT molecular complexity index is 1000. The predicted octanol–water partition coefficient (Wildman–Crippen LogP) is 4.93. The third kappa shape index (κ3) is 2.29. The normalized spacial score (nSPS) is 11.1. The Hall–Kier alpha value is -2.53. The van der Waals surface area contributed by atoms with Crippen molar-refractivity contribution in [2.45, 2.75) is 0 Å². The third-order valence-corrected chi connectivity index (χ3v) is 4.01. The van der Waals surface area contributed by atoms with Crippen LogP contribution in [0.3, 0.4) is 0 Å². The molecule has 0 bridgehead atoms. The standard InChI is InChI=1S/C17H11BrN2O2/c18-12-1-4-15-11(7-12)9-16(22-15)17(21)20-13-2-3-14-10(8-13)5-6-19-14/h1-9,19H,(H,20,21). The minimum Gasteiger partial charge on any atom is -0.451 e. The molecule has 0 saturated carbocycles. The zero-order chi connectivity index (χ0) is 15.1. The number of benzene rings is 2. The molecule has 5 heteroatoms. The molecule has 22 heavy (non-hydrogen) atoms. The van der Waals surface area contributed by atoms with Gasteiger partial charge in [0, 0.05) is 32.6 Å². The molecule has 0 fully saturated rings. The fourth-order valence-corrected chi connectivity index (χ4v) is 2.83. The van der Waals surface area contributed by atoms with E-state index in [-0.39, 0.29) is 5.91 Å². The van der Waals surface area contributed by atoms with Gasteiger partial charge in [0.25, 0.3) is 5.91 Å². The molecular formula is C17H11BrN2O2. The maximum Gasteiger partial charge on any atom is 0.291 e. The lowest BCUT2D eigenvalue weighted by atomic mass is 10.2. The van der Waals surface area contributed by atoms with E-state index in [1.165, 1.54) is 0 Å². The quantitative estimate of drug-likeness (QED) is 0.536. The molecule has 0 aliphatic rings. The van der Waals surface area contributed by atoms with Crippen molar-refractivity contribution in [3.63, 3.8) is 0 Å². The summed E-state index contributed by atoms with van der Waals surface area (Å²) in [6, 6.07) is 15.0. The molecule has 2 heterocycles. The molecule has 0 aliphatic carbocycles. The van der Waals surface area contributed by atoms with E-state index in [0.29, 0.717) is 11.3 Å². The van der Waals surface area contributed by atoms with Crippen LogP contribution in [0, 0.1) is 0 Å². The molecule has 0 unspecified atom stereocenters. The number of amides is 1. The van der Waals surface area contributed by atoms with Gasteiger partial charge in [-0.1, -0.05) is 15.9 Å². The smallest absolute Gasteiger partial charge is 0.291 e. The Balaban J connectivity index is 1.64. The van der Waals surface area contributed by atoms with Gasteiger partial charge in [-0.2, -0.15) is 0 Å². The van der Waals surface area contributed by atoms with E-state index in [1.54, 1.807) is 6.07 Å². The topological polar surface area (TPSA) is 58.0 Å². The monoisotopic (exact) mass is 354 g/mol. The number of H-pyrrole nitrogens is 1. The van der Waals surface area contributed by atoms with Crippen molar-refractivity contribution in [2.24, 2.45) is 0 Å². The number of fused-ring (bicyclic) bond motifs is 2. The summed E-state index contributed by atoms with van der Waals surface area (Å²) in [5.41, 5.74) is 2.46. The first-order chi connectivity index (χ1) is 10.7. The molecular weight excluding hydrogens is 344 g/mol. The second-order valence-electron chi connectivity index (χ2n) is 5.03. The van der Waals surface area contributed by atoms with E-state index in [9.17, 15) is 4.79 Å². The van der Waals surface area contributed by atoms with Crippen molar-refractivity contribution >= 4 is 49.4 Å². The number of carbonyl (C=O) groups excluding carboxylic acids is 1. The van der Waals surface area contributed by atoms with Crippen LogP contribution in [-0.2, 0) is 0 Å². The molecule has 2 aromatic carbocycles. The fourth-order valence-electron chi connectivity index (χ4n) is 2.45. The number of aromatic amines is 1. The zero-order valence-corrected chi connectivity index (χ0v) is 13.0. The molecule has 0 aliphatic heterocycles. The Kier molecular flexibility index (Phi) is 3.01. The molecule has 2 aromatic heterocycles. The summed E-state index contributed by atoms with van der Waals surface area (Å²) in [5.74, 6) is 0.0319. The van der Waals surface area contributed by atoms with Crippen LogP contribution in [0.15, 0.2) is 63.6 Å². The number of rotatable bonds is 2. The van der Waals surface area contributed by atoms with Crippen molar-refractivity contribution in [1.29, 1.82) is 0 Å². The van der Waals surface area contributed by atoms with Gasteiger partial charge in [-0.25, -0.2) is 0 Å². The number of halogens is 1. The largest absolute Gasteiger partial charge is 0.451 e. The first kappa shape index (κ1) is 13.2. The zero-order valence-electron chi connectivity index (χ0n) is 11.4. The molecule has 108 valence electrons. The Morgan fingerprint density at radius 3 is 2.86 bits per heavy atom. The van der Waals surface area contributed by atoms with Crippen LogP contribution in [0.4, 0.5) is 5.69 Å². The van der Waals surface area contributed by atoms with Gasteiger partial charge in [0.05, 0.1) is 0 Å². The maximum absolute atomic E-state index is 12.3. The van der Waals surface area contributed by atoms with Gasteiger partial charge in [0.15, 0.2) is 5.76 Å². The van der Waals surface area contributed by atoms with Crippen molar-refractivity contribution in [2.75, 3.05) is 5.32 Å². The maximum atomic E-state index is 12.3. The number of nitrogens with one attached hydrogen (secondary N) is 2. The lowest BCUT2D eigenvalue weighted by Gasteiger charge is -2.03. The summed E-state index contributed by atoms with van der Waals surface area (Å²) in [6.07, 6.45) is 1.87. The molecule has 4 nitrogen and oxygen atoms in total. The van der Waals surface area contributed by atoms with Gasteiger partial charge in [0.1, 0.15) is 5.58 Å². The molecule has 0 radical (unpaired) electrons. The fraction of sp³-hybridized carbons (Fsp3) is 0. The number of aromatic nitrogens is 1. The predicted molar refractivity (Wildman–Crippen MR) is 90.2 cm³/mol. The lowest BCUT2D eigenvalue weighted by molar-refractivity contribution is 0.0998. The van der Waals surface area contributed by atoms with Gasteiger partial charge < -0.3 is 14.7 Å². The SMILES string of the molecule is O=C(Nc1ccc2[nH]ccc2c1)c1cc2cc(Br)ccc2o1. The highest BCUT2D eigenvalue weighted by atomic mass is 79.9. The van der Waals surface area contributed by atoms with E-state index in [2.05, 4.69) is 26.2 Å². The molecule has 0 atom stereocenters. The van der Waals surface area contributed by atoms with Crippen molar-refractivity contribution in [3.8, 4) is 0 Å². The van der Waals surface area contributed by atoms with Gasteiger partial charge in [0.2, 0.25) is 0 Å². The van der Waals surface area contributed by atoms with Crippen LogP contribution in [0.25, 0.3) is 21.9 Å². The second-order valence-corrected chi connectivity index (χ2v) is 5.94. The Morgan fingerprint density at radius 2 is 1.95 bits per heavy atom. The van der Waals surface area contributed by atoms with E-state index in [0.717, 1.165) is 26.4 Å². The molecule has 4 aromatic rings. The number of anilines is 1. The van der Waals surface area contributed by atoms with Crippen LogP contribution in [0.1, 0.15) is 10.6 Å². The van der Waals surface area contributed by atoms with E-state index >= 15 is 0 Å². The summed E-state index contributed by atoms with van der Waals surface area (Å²) in [4.78, 5) is 15.4. The van der Waals surface area contributed by atoms with Crippen LogP contribution in [0.5, 0.6) is 0 Å². The number of carbonyl (C=O) groups is 1. The molecule has 2 N–H and O–H groups in total. The highest BCUT2D eigenvalue weighted by Crippen LogP contribution is 2.24. The highest BCUT2D eigenvalue weighted by Gasteiger charge is 2.13. The molecule has 0 saturated heterocycles. The third-order valence-electron chi connectivity index (χ3n) is 3.51. The van der Waals surface area contributed by atoms with Crippen LogP contribution in [0.2, 0.25) is 0 Å². The van der Waals surface area contributed by atoms with E-state index in [4.69, 9.17) is 4.42 Å². The summed E-state index contributed by atoms with van der Waals surface area (Å²) >= 11 is 3.41. The van der Waals surface area contributed by atoms with Gasteiger partial charge in [-0.3, -0.25) is 4.79 Å². The first-order valence-corrected chi connectivity index (χ1v) is 7.56. The average molecular weight is 355 g/mol. The average Bonchev–Trinajstić information content (AvgIpc) is 3.12. The Morgan fingerprint density at radius 1 is 1.05 bits per heavy atom. The molecule has 0 spiro atoms. The second kappa shape index (κ2) is 5.03. The van der Waals surface area contributed by atoms with Crippen LogP contribution in [-0.4, -0.2) is 10.9 Å². The number of hydrogen-bond acceptors (Lipinski definition) is 2. The minimum absolute atomic E-state index is 0.262. The number of furan rings is 1. The summed E-state index contributed by atoms with van der Waals surface area (Å²) in [5, 5.41) is 4.79. The summed E-state index contributed by atoms with van der Waals surface area (Å²) in [6.45, 7) is 0. The van der Waals surface area contributed by atoms with Crippen molar-refractivity contribution in [1.82, 2.24) is 4.98 Å². The molecule has 1 amide bonds. The van der Waals surface area contributed by atoms with Gasteiger partial charge >= 0.3 is 0 Å². The molecule has 4 rings (SSSR count). The number of hydrogen-bond donors (Lipinski definition) is 2. The lowest BCUT2D eigenvalue weighted by Crippen LogP contribution is -2.10. The first-order valence-electron chi connectivity index (χ1n) is 6.77.